The SMILES string of the molecule is COC(=O)C12CC(C1)C(C1(NC(=O)c3cc(F)cc4ccn(Cc5cc6ccccc6o5)c34)CC1)C2. The van der Waals surface area contributed by atoms with E-state index in [0.29, 0.717) is 28.9 Å². The summed E-state index contributed by atoms with van der Waals surface area (Å²) < 4.78 is 27.6. The quantitative estimate of drug-likeness (QED) is 0.369. The first-order chi connectivity index (χ1) is 17.4. The molecular weight excluding hydrogens is 459 g/mol. The van der Waals surface area contributed by atoms with Crippen LogP contribution in [0.3, 0.4) is 0 Å². The molecule has 184 valence electrons. The van der Waals surface area contributed by atoms with Gasteiger partial charge in [-0.25, -0.2) is 4.39 Å². The maximum Gasteiger partial charge on any atom is 0.311 e. The van der Waals surface area contributed by atoms with Gasteiger partial charge < -0.3 is 19.0 Å². The van der Waals surface area contributed by atoms with Gasteiger partial charge in [0.2, 0.25) is 0 Å². The van der Waals surface area contributed by atoms with E-state index >= 15 is 0 Å². The fourth-order valence-corrected chi connectivity index (χ4v) is 7.01. The summed E-state index contributed by atoms with van der Waals surface area (Å²) in [6.07, 6.45) is 6.07. The van der Waals surface area contributed by atoms with E-state index in [9.17, 15) is 14.0 Å². The second-order valence-corrected chi connectivity index (χ2v) is 10.9. The number of rotatable bonds is 6. The number of carbonyl (C=O) groups excluding carboxylic acids is 2. The topological polar surface area (TPSA) is 73.5 Å². The number of hydrogen-bond acceptors (Lipinski definition) is 4. The van der Waals surface area contributed by atoms with Gasteiger partial charge in [0.1, 0.15) is 17.2 Å². The molecule has 2 aromatic carbocycles. The fraction of sp³-hybridized carbons (Fsp3) is 0.379. The standard InChI is InChI=1S/C29H27FN2O4/c1-35-27(34)28-13-19(14-28)23(15-28)29(7-8-29)31-26(33)22-12-20(30)10-18-6-9-32(25(18)22)16-21-11-17-4-2-3-5-24(17)36-21/h2-6,9-12,19,23H,7-8,13-16H2,1H3,(H,31,33). The van der Waals surface area contributed by atoms with Crippen LogP contribution in [-0.2, 0) is 16.1 Å². The number of carbonyl (C=O) groups is 2. The Labute approximate surface area is 207 Å². The number of nitrogens with one attached hydrogen (secondary N) is 1. The van der Waals surface area contributed by atoms with E-state index in [1.54, 1.807) is 0 Å². The molecule has 4 aliphatic carbocycles. The first kappa shape index (κ1) is 21.7. The number of ether oxygens (including phenoxy) is 1. The summed E-state index contributed by atoms with van der Waals surface area (Å²) in [6.45, 7) is 0.432. The maximum atomic E-state index is 14.6. The van der Waals surface area contributed by atoms with Crippen LogP contribution in [0.5, 0.6) is 0 Å². The van der Waals surface area contributed by atoms with Crippen molar-refractivity contribution in [2.24, 2.45) is 17.3 Å². The first-order valence-corrected chi connectivity index (χ1v) is 12.6. The van der Waals surface area contributed by atoms with Crippen molar-refractivity contribution in [1.29, 1.82) is 0 Å². The van der Waals surface area contributed by atoms with Crippen molar-refractivity contribution in [3.63, 3.8) is 0 Å². The highest BCUT2D eigenvalue weighted by Gasteiger charge is 2.68. The molecule has 4 fully saturated rings. The highest BCUT2D eigenvalue weighted by molar-refractivity contribution is 6.06. The van der Waals surface area contributed by atoms with Crippen LogP contribution in [0.15, 0.2) is 59.1 Å². The van der Waals surface area contributed by atoms with Crippen molar-refractivity contribution in [3.05, 3.63) is 71.9 Å². The average Bonchev–Trinajstić information content (AvgIpc) is 3.21. The van der Waals surface area contributed by atoms with Crippen molar-refractivity contribution in [3.8, 4) is 0 Å². The van der Waals surface area contributed by atoms with Crippen molar-refractivity contribution >= 4 is 33.7 Å². The van der Waals surface area contributed by atoms with Crippen LogP contribution in [0.1, 0.15) is 48.2 Å². The van der Waals surface area contributed by atoms with E-state index in [1.807, 2.05) is 47.2 Å². The molecular formula is C29H27FN2O4. The molecule has 4 aromatic rings. The number of amides is 1. The van der Waals surface area contributed by atoms with Crippen molar-refractivity contribution < 1.29 is 23.1 Å². The zero-order valence-electron chi connectivity index (χ0n) is 20.1. The number of para-hydroxylation sites is 1. The second-order valence-electron chi connectivity index (χ2n) is 10.9. The molecule has 0 radical (unpaired) electrons. The fourth-order valence-electron chi connectivity index (χ4n) is 7.01. The van der Waals surface area contributed by atoms with Crippen LogP contribution in [0, 0.1) is 23.1 Å². The Bertz CT molecular complexity index is 1510. The minimum atomic E-state index is -0.438. The summed E-state index contributed by atoms with van der Waals surface area (Å²) >= 11 is 0. The lowest BCUT2D eigenvalue weighted by Gasteiger charge is -2.36. The third-order valence-corrected chi connectivity index (χ3v) is 8.84. The van der Waals surface area contributed by atoms with Gasteiger partial charge >= 0.3 is 5.97 Å². The Morgan fingerprint density at radius 2 is 1.92 bits per heavy atom. The van der Waals surface area contributed by atoms with Crippen LogP contribution in [-0.4, -0.2) is 29.1 Å². The van der Waals surface area contributed by atoms with Gasteiger partial charge in [0.25, 0.3) is 5.91 Å². The normalized spacial score (nSPS) is 25.6. The van der Waals surface area contributed by atoms with E-state index < -0.39 is 5.82 Å². The number of methoxy groups -OCH3 is 1. The zero-order valence-corrected chi connectivity index (χ0v) is 20.1. The van der Waals surface area contributed by atoms with Gasteiger partial charge in [-0.1, -0.05) is 18.2 Å². The molecule has 0 spiro atoms. The number of hydrogen-bond donors (Lipinski definition) is 1. The average molecular weight is 487 g/mol. The van der Waals surface area contributed by atoms with E-state index in [1.165, 1.54) is 19.2 Å². The highest BCUT2D eigenvalue weighted by atomic mass is 19.1. The predicted octanol–water partition coefficient (Wildman–Crippen LogP) is 5.43. The Hall–Kier alpha value is -3.61. The third-order valence-electron chi connectivity index (χ3n) is 8.84. The first-order valence-electron chi connectivity index (χ1n) is 12.6. The number of fused-ring (bicyclic) bond motifs is 3. The molecule has 6 nitrogen and oxygen atoms in total. The van der Waals surface area contributed by atoms with E-state index in [-0.39, 0.29) is 28.7 Å². The van der Waals surface area contributed by atoms with E-state index in [4.69, 9.17) is 9.15 Å². The van der Waals surface area contributed by atoms with Crippen LogP contribution in [0.2, 0.25) is 0 Å². The van der Waals surface area contributed by atoms with Gasteiger partial charge in [-0.05, 0) is 74.3 Å². The summed E-state index contributed by atoms with van der Waals surface area (Å²) in [5.74, 6) is 0.619. The summed E-state index contributed by atoms with van der Waals surface area (Å²) in [7, 11) is 1.45. The molecule has 8 rings (SSSR count). The van der Waals surface area contributed by atoms with Crippen LogP contribution < -0.4 is 5.32 Å². The van der Waals surface area contributed by atoms with E-state index in [2.05, 4.69) is 5.32 Å². The summed E-state index contributed by atoms with van der Waals surface area (Å²) in [5, 5.41) is 4.98. The Morgan fingerprint density at radius 1 is 1.11 bits per heavy atom. The van der Waals surface area contributed by atoms with Crippen LogP contribution in [0.25, 0.3) is 21.9 Å². The monoisotopic (exact) mass is 486 g/mol. The molecule has 0 saturated heterocycles. The van der Waals surface area contributed by atoms with Gasteiger partial charge in [0, 0.05) is 22.5 Å². The molecule has 1 atom stereocenters. The summed E-state index contributed by atoms with van der Waals surface area (Å²) in [5.41, 5.74) is 1.13. The molecule has 2 heterocycles. The number of furan rings is 1. The van der Waals surface area contributed by atoms with Crippen LogP contribution >= 0.6 is 0 Å². The molecule has 1 amide bonds. The van der Waals surface area contributed by atoms with Crippen LogP contribution in [0.4, 0.5) is 4.39 Å². The second kappa shape index (κ2) is 7.45. The zero-order chi connectivity index (χ0) is 24.7. The maximum absolute atomic E-state index is 14.6. The minimum absolute atomic E-state index is 0.126. The van der Waals surface area contributed by atoms with Gasteiger partial charge in [-0.15, -0.1) is 0 Å². The van der Waals surface area contributed by atoms with Crippen molar-refractivity contribution in [1.82, 2.24) is 9.88 Å². The molecule has 0 aliphatic heterocycles. The third kappa shape index (κ3) is 3.14. The number of aromatic nitrogens is 1. The lowest BCUT2D eigenvalue weighted by atomic mass is 9.69. The largest absolute Gasteiger partial charge is 0.469 e. The Morgan fingerprint density at radius 3 is 2.67 bits per heavy atom. The molecule has 36 heavy (non-hydrogen) atoms. The summed E-state index contributed by atoms with van der Waals surface area (Å²) in [4.78, 5) is 26.0. The Balaban J connectivity index is 1.19. The molecule has 4 aliphatic rings. The molecule has 2 aromatic heterocycles. The lowest BCUT2D eigenvalue weighted by molar-refractivity contribution is -0.157. The van der Waals surface area contributed by atoms with Gasteiger partial charge in [-0.3, -0.25) is 9.59 Å². The lowest BCUT2D eigenvalue weighted by Crippen LogP contribution is -2.44. The molecule has 4 saturated carbocycles. The van der Waals surface area contributed by atoms with Crippen molar-refractivity contribution in [2.45, 2.75) is 44.2 Å². The number of nitrogens with zero attached hydrogens (tertiary/aromatic N) is 1. The summed E-state index contributed by atoms with van der Waals surface area (Å²) in [6, 6.07) is 14.4. The minimum Gasteiger partial charge on any atom is -0.469 e. The van der Waals surface area contributed by atoms with Gasteiger partial charge in [-0.2, -0.15) is 0 Å². The highest BCUT2D eigenvalue weighted by Crippen LogP contribution is 2.68. The molecule has 1 N–H and O–H groups in total. The predicted molar refractivity (Wildman–Crippen MR) is 132 cm³/mol. The smallest absolute Gasteiger partial charge is 0.311 e. The van der Waals surface area contributed by atoms with Crippen molar-refractivity contribution in [2.75, 3.05) is 7.11 Å². The molecule has 1 unspecified atom stereocenters. The van der Waals surface area contributed by atoms with Gasteiger partial charge in [0.05, 0.1) is 30.1 Å². The molecule has 7 heteroatoms. The number of benzene rings is 2. The van der Waals surface area contributed by atoms with Gasteiger partial charge in [0.15, 0.2) is 0 Å². The number of esters is 1. The Kier molecular flexibility index (Phi) is 4.48. The number of halogens is 1. The van der Waals surface area contributed by atoms with E-state index in [0.717, 1.165) is 48.8 Å². The molecule has 2 bridgehead atoms.